The first kappa shape index (κ1) is 16.9. The van der Waals surface area contributed by atoms with Crippen molar-refractivity contribution >= 4 is 52.7 Å². The van der Waals surface area contributed by atoms with E-state index < -0.39 is 0 Å². The Kier molecular flexibility index (Phi) is 6.91. The second kappa shape index (κ2) is 8.19. The fourth-order valence-corrected chi connectivity index (χ4v) is 2.12. The third-order valence-electron chi connectivity index (χ3n) is 2.18. The zero-order valence-electron chi connectivity index (χ0n) is 10.0. The van der Waals surface area contributed by atoms with Gasteiger partial charge in [0, 0.05) is 21.2 Å². The molecule has 0 aliphatic heterocycles. The molecule has 2 aromatic carbocycles. The van der Waals surface area contributed by atoms with Gasteiger partial charge in [0.1, 0.15) is 0 Å². The molecule has 0 heterocycles. The largest absolute Gasteiger partial charge is 0.298 e. The van der Waals surface area contributed by atoms with E-state index in [9.17, 15) is 4.79 Å². The van der Waals surface area contributed by atoms with Crippen LogP contribution < -0.4 is 0 Å². The number of aldehydes is 1. The Morgan fingerprint density at radius 3 is 1.90 bits per heavy atom. The van der Waals surface area contributed by atoms with E-state index in [1.807, 2.05) is 0 Å². The van der Waals surface area contributed by atoms with Gasteiger partial charge < -0.3 is 0 Å². The maximum Gasteiger partial charge on any atom is 0.151 e. The molecule has 0 aliphatic carbocycles. The van der Waals surface area contributed by atoms with Crippen molar-refractivity contribution in [3.05, 3.63) is 67.6 Å². The lowest BCUT2D eigenvalue weighted by Crippen LogP contribution is -1.79. The highest BCUT2D eigenvalue weighted by atomic mass is 35.5. The maximum atomic E-state index is 10.2. The fraction of sp³-hybridized carbons (Fsp3) is 0. The molecule has 0 saturated heterocycles. The van der Waals surface area contributed by atoms with Crippen LogP contribution in [0.25, 0.3) is 0 Å². The molecular weight excluding hydrogens is 338 g/mol. The zero-order chi connectivity index (χ0) is 15.1. The Hall–Kier alpha value is -1.17. The van der Waals surface area contributed by atoms with E-state index in [1.54, 1.807) is 30.3 Å². The molecule has 102 valence electrons. The van der Waals surface area contributed by atoms with Gasteiger partial charge in [-0.1, -0.05) is 52.3 Å². The van der Waals surface area contributed by atoms with Crippen molar-refractivity contribution in [3.8, 4) is 12.3 Å². The van der Waals surface area contributed by atoms with Gasteiger partial charge in [0.25, 0.3) is 0 Å². The van der Waals surface area contributed by atoms with E-state index in [4.69, 9.17) is 52.8 Å². The summed E-state index contributed by atoms with van der Waals surface area (Å²) in [5.41, 5.74) is 1.14. The van der Waals surface area contributed by atoms with Gasteiger partial charge in [-0.3, -0.25) is 4.79 Å². The van der Waals surface area contributed by atoms with E-state index >= 15 is 0 Å². The molecule has 0 fully saturated rings. The van der Waals surface area contributed by atoms with Crippen molar-refractivity contribution in [2.45, 2.75) is 0 Å². The van der Waals surface area contributed by atoms with E-state index in [0.717, 1.165) is 0 Å². The van der Waals surface area contributed by atoms with Crippen LogP contribution >= 0.6 is 46.4 Å². The van der Waals surface area contributed by atoms with E-state index in [-0.39, 0.29) is 0 Å². The van der Waals surface area contributed by atoms with Crippen LogP contribution in [0.2, 0.25) is 20.1 Å². The van der Waals surface area contributed by atoms with Gasteiger partial charge >= 0.3 is 0 Å². The summed E-state index contributed by atoms with van der Waals surface area (Å²) in [6.45, 7) is 0. The molecule has 20 heavy (non-hydrogen) atoms. The van der Waals surface area contributed by atoms with Crippen LogP contribution in [-0.4, -0.2) is 6.29 Å². The number of halogens is 4. The highest BCUT2D eigenvalue weighted by molar-refractivity contribution is 6.36. The summed E-state index contributed by atoms with van der Waals surface area (Å²) in [7, 11) is 0. The molecule has 0 unspecified atom stereocenters. The summed E-state index contributed by atoms with van der Waals surface area (Å²) in [6.07, 6.45) is 5.82. The van der Waals surface area contributed by atoms with Crippen LogP contribution in [-0.2, 0) is 0 Å². The van der Waals surface area contributed by atoms with Crippen LogP contribution in [0.1, 0.15) is 15.9 Å². The Morgan fingerprint density at radius 1 is 0.900 bits per heavy atom. The quantitative estimate of drug-likeness (QED) is 0.473. The summed E-state index contributed by atoms with van der Waals surface area (Å²) in [5.74, 6) is 2.43. The molecule has 0 N–H and O–H groups in total. The van der Waals surface area contributed by atoms with Crippen molar-refractivity contribution in [3.63, 3.8) is 0 Å². The van der Waals surface area contributed by atoms with Gasteiger partial charge in [0.2, 0.25) is 0 Å². The predicted octanol–water partition coefficient (Wildman–Crippen LogP) is 5.78. The first-order valence-corrected chi connectivity index (χ1v) is 6.81. The lowest BCUT2D eigenvalue weighted by atomic mass is 10.2. The van der Waals surface area contributed by atoms with Crippen LogP contribution in [0, 0.1) is 12.3 Å². The molecule has 0 atom stereocenters. The number of terminal acetylenes is 1. The van der Waals surface area contributed by atoms with Gasteiger partial charge in [-0.05, 0) is 36.4 Å². The van der Waals surface area contributed by atoms with Crippen molar-refractivity contribution in [2.24, 2.45) is 0 Å². The third kappa shape index (κ3) is 5.07. The standard InChI is InChI=1S/C8H4Cl2.C7H4Cl2O/c1-2-6-3-4-7(9)5-8(6)10;8-6-2-1-5(4-10)7(9)3-6/h1,3-5H;1-4H. The Bertz CT molecular complexity index is 659. The van der Waals surface area contributed by atoms with Gasteiger partial charge in [0.15, 0.2) is 6.29 Å². The summed E-state index contributed by atoms with van der Waals surface area (Å²) >= 11 is 22.5. The normalized spacial score (nSPS) is 9.15. The van der Waals surface area contributed by atoms with Crippen molar-refractivity contribution in [2.75, 3.05) is 0 Å². The number of hydrogen-bond donors (Lipinski definition) is 0. The Labute approximate surface area is 137 Å². The SMILES string of the molecule is C#Cc1ccc(Cl)cc1Cl.O=Cc1ccc(Cl)cc1Cl. The number of carbonyl (C=O) groups excluding carboxylic acids is 1. The van der Waals surface area contributed by atoms with Crippen molar-refractivity contribution < 1.29 is 4.79 Å². The molecule has 0 aromatic heterocycles. The van der Waals surface area contributed by atoms with Gasteiger partial charge in [-0.25, -0.2) is 0 Å². The van der Waals surface area contributed by atoms with Crippen LogP contribution in [0.4, 0.5) is 0 Å². The Morgan fingerprint density at radius 2 is 1.45 bits per heavy atom. The average molecular weight is 346 g/mol. The van der Waals surface area contributed by atoms with Crippen LogP contribution in [0.5, 0.6) is 0 Å². The molecule has 0 saturated carbocycles. The molecule has 5 heteroatoms. The minimum atomic E-state index is 0.391. The van der Waals surface area contributed by atoms with E-state index in [1.165, 1.54) is 6.07 Å². The van der Waals surface area contributed by atoms with Crippen molar-refractivity contribution in [1.29, 1.82) is 0 Å². The van der Waals surface area contributed by atoms with Gasteiger partial charge in [-0.15, -0.1) is 6.42 Å². The van der Waals surface area contributed by atoms with Gasteiger partial charge in [-0.2, -0.15) is 0 Å². The first-order chi connectivity index (χ1) is 9.47. The lowest BCUT2D eigenvalue weighted by Gasteiger charge is -1.94. The molecule has 2 aromatic rings. The molecule has 0 amide bonds. The fourth-order valence-electron chi connectivity index (χ4n) is 1.20. The average Bonchev–Trinajstić information content (AvgIpc) is 2.40. The summed E-state index contributed by atoms with van der Waals surface area (Å²) in [4.78, 5) is 10.2. The second-order valence-corrected chi connectivity index (χ2v) is 5.24. The van der Waals surface area contributed by atoms with Crippen LogP contribution in [0.15, 0.2) is 36.4 Å². The minimum Gasteiger partial charge on any atom is -0.298 e. The smallest absolute Gasteiger partial charge is 0.151 e. The molecule has 2 rings (SSSR count). The summed E-state index contributed by atoms with van der Waals surface area (Å²) in [6, 6.07) is 9.78. The molecule has 0 radical (unpaired) electrons. The van der Waals surface area contributed by atoms with Gasteiger partial charge in [0.05, 0.1) is 10.0 Å². The number of rotatable bonds is 1. The minimum absolute atomic E-state index is 0.391. The predicted molar refractivity (Wildman–Crippen MR) is 86.2 cm³/mol. The molecule has 0 bridgehead atoms. The van der Waals surface area contributed by atoms with Crippen LogP contribution in [0.3, 0.4) is 0 Å². The maximum absolute atomic E-state index is 10.2. The Balaban J connectivity index is 0.000000200. The number of hydrogen-bond acceptors (Lipinski definition) is 1. The highest BCUT2D eigenvalue weighted by Crippen LogP contribution is 2.20. The summed E-state index contributed by atoms with van der Waals surface area (Å²) in [5, 5.41) is 2.05. The van der Waals surface area contributed by atoms with E-state index in [0.29, 0.717) is 37.5 Å². The second-order valence-electron chi connectivity index (χ2n) is 3.55. The zero-order valence-corrected chi connectivity index (χ0v) is 13.1. The highest BCUT2D eigenvalue weighted by Gasteiger charge is 1.97. The molecule has 1 nitrogen and oxygen atoms in total. The van der Waals surface area contributed by atoms with Crippen molar-refractivity contribution in [1.82, 2.24) is 0 Å². The monoisotopic (exact) mass is 344 g/mol. The van der Waals surface area contributed by atoms with E-state index in [2.05, 4.69) is 5.92 Å². The lowest BCUT2D eigenvalue weighted by molar-refractivity contribution is 0.112. The third-order valence-corrected chi connectivity index (χ3v) is 3.29. The molecular formula is C15H8Cl4O. The summed E-state index contributed by atoms with van der Waals surface area (Å²) < 4.78 is 0. The topological polar surface area (TPSA) is 17.1 Å². The number of carbonyl (C=O) groups is 1. The first-order valence-electron chi connectivity index (χ1n) is 5.30. The number of benzene rings is 2. The molecule has 0 spiro atoms. The molecule has 0 aliphatic rings.